The molecule has 2 saturated heterocycles. The number of piperidine rings is 2. The maximum atomic E-state index is 12.4. The molecule has 0 saturated carbocycles. The molecule has 0 unspecified atom stereocenters. The molecule has 0 atom stereocenters. The summed E-state index contributed by atoms with van der Waals surface area (Å²) >= 11 is 0. The van der Waals surface area contributed by atoms with Crippen molar-refractivity contribution in [3.63, 3.8) is 0 Å². The average Bonchev–Trinajstić information content (AvgIpc) is 2.72. The van der Waals surface area contributed by atoms with Gasteiger partial charge in [0.15, 0.2) is 0 Å². The molecule has 9 heteroatoms. The van der Waals surface area contributed by atoms with Gasteiger partial charge in [-0.05, 0) is 43.7 Å². The zero-order valence-electron chi connectivity index (χ0n) is 16.2. The van der Waals surface area contributed by atoms with Gasteiger partial charge in [-0.3, -0.25) is 4.79 Å². The highest BCUT2D eigenvalue weighted by Gasteiger charge is 2.29. The number of rotatable bonds is 5. The van der Waals surface area contributed by atoms with Gasteiger partial charge < -0.3 is 10.2 Å². The van der Waals surface area contributed by atoms with Crippen molar-refractivity contribution in [1.82, 2.24) is 14.6 Å². The van der Waals surface area contributed by atoms with Crippen LogP contribution in [0.3, 0.4) is 0 Å². The first kappa shape index (κ1) is 20.6. The second-order valence-electron chi connectivity index (χ2n) is 7.60. The highest BCUT2D eigenvalue weighted by atomic mass is 32.2. The van der Waals surface area contributed by atoms with Crippen molar-refractivity contribution in [2.24, 2.45) is 11.8 Å². The number of hydrogen-bond acceptors (Lipinski definition) is 6. The zero-order chi connectivity index (χ0) is 20.1. The molecule has 1 amide bonds. The monoisotopic (exact) mass is 405 g/mol. The van der Waals surface area contributed by atoms with Crippen molar-refractivity contribution in [3.05, 3.63) is 23.9 Å². The van der Waals surface area contributed by atoms with E-state index in [1.54, 1.807) is 18.3 Å². The SMILES string of the molecule is CS(=O)(=O)N1CCC(C(=O)NCC2CCN(c3ncccc3C#N)CC2)CC1. The Morgan fingerprint density at radius 2 is 1.93 bits per heavy atom. The van der Waals surface area contributed by atoms with E-state index in [0.717, 1.165) is 31.7 Å². The highest BCUT2D eigenvalue weighted by molar-refractivity contribution is 7.88. The van der Waals surface area contributed by atoms with E-state index in [-0.39, 0.29) is 11.8 Å². The molecule has 3 rings (SSSR count). The van der Waals surface area contributed by atoms with Gasteiger partial charge in [0.05, 0.1) is 11.8 Å². The van der Waals surface area contributed by atoms with Crippen LogP contribution < -0.4 is 10.2 Å². The topological polar surface area (TPSA) is 106 Å². The lowest BCUT2D eigenvalue weighted by atomic mass is 9.94. The zero-order valence-corrected chi connectivity index (χ0v) is 17.0. The number of nitriles is 1. The standard InChI is InChI=1S/C19H27N5O3S/c1-28(26,27)24-11-6-16(7-12-24)19(25)22-14-15-4-9-23(10-5-15)18-17(13-20)3-2-8-21-18/h2-3,8,15-16H,4-7,9-12,14H2,1H3,(H,22,25). The van der Waals surface area contributed by atoms with E-state index in [9.17, 15) is 18.5 Å². The Balaban J connectivity index is 1.42. The smallest absolute Gasteiger partial charge is 0.223 e. The predicted octanol–water partition coefficient (Wildman–Crippen LogP) is 0.957. The van der Waals surface area contributed by atoms with E-state index in [2.05, 4.69) is 21.3 Å². The first-order valence-electron chi connectivity index (χ1n) is 9.71. The summed E-state index contributed by atoms with van der Waals surface area (Å²) in [5.74, 6) is 1.08. The van der Waals surface area contributed by atoms with E-state index in [1.165, 1.54) is 10.6 Å². The van der Waals surface area contributed by atoms with Gasteiger partial charge in [-0.1, -0.05) is 0 Å². The number of amides is 1. The lowest BCUT2D eigenvalue weighted by Gasteiger charge is -2.34. The Bertz CT molecular complexity index is 835. The van der Waals surface area contributed by atoms with Crippen LogP contribution in [0.15, 0.2) is 18.3 Å². The number of nitrogens with one attached hydrogen (secondary N) is 1. The van der Waals surface area contributed by atoms with Crippen LogP contribution >= 0.6 is 0 Å². The fourth-order valence-electron chi connectivity index (χ4n) is 3.92. The number of pyridine rings is 1. The van der Waals surface area contributed by atoms with Gasteiger partial charge in [-0.25, -0.2) is 17.7 Å². The molecule has 2 fully saturated rings. The van der Waals surface area contributed by atoms with E-state index in [0.29, 0.717) is 44.0 Å². The van der Waals surface area contributed by atoms with Gasteiger partial charge in [-0.15, -0.1) is 0 Å². The largest absolute Gasteiger partial charge is 0.356 e. The first-order valence-corrected chi connectivity index (χ1v) is 11.6. The number of anilines is 1. The molecule has 1 aromatic rings. The minimum absolute atomic E-state index is 0.0343. The van der Waals surface area contributed by atoms with Gasteiger partial charge in [-0.2, -0.15) is 5.26 Å². The normalized spacial score (nSPS) is 19.9. The number of carbonyl (C=O) groups excluding carboxylic acids is 1. The molecule has 0 aromatic carbocycles. The van der Waals surface area contributed by atoms with E-state index in [4.69, 9.17) is 0 Å². The molecular weight excluding hydrogens is 378 g/mol. The summed E-state index contributed by atoms with van der Waals surface area (Å²) in [6.07, 6.45) is 5.95. The van der Waals surface area contributed by atoms with Crippen molar-refractivity contribution in [2.45, 2.75) is 25.7 Å². The van der Waals surface area contributed by atoms with Crippen LogP contribution in [-0.4, -0.2) is 62.6 Å². The second-order valence-corrected chi connectivity index (χ2v) is 9.58. The number of hydrogen-bond donors (Lipinski definition) is 1. The molecule has 3 heterocycles. The van der Waals surface area contributed by atoms with Crippen molar-refractivity contribution in [2.75, 3.05) is 43.9 Å². The number of aromatic nitrogens is 1. The number of nitrogens with zero attached hydrogens (tertiary/aromatic N) is 4. The number of carbonyl (C=O) groups is 1. The summed E-state index contributed by atoms with van der Waals surface area (Å²) in [6.45, 7) is 3.12. The molecule has 2 aliphatic heterocycles. The maximum absolute atomic E-state index is 12.4. The third-order valence-corrected chi connectivity index (χ3v) is 6.98. The highest BCUT2D eigenvalue weighted by Crippen LogP contribution is 2.24. The lowest BCUT2D eigenvalue weighted by Crippen LogP contribution is -2.44. The summed E-state index contributed by atoms with van der Waals surface area (Å²) in [5, 5.41) is 12.3. The van der Waals surface area contributed by atoms with Crippen molar-refractivity contribution in [1.29, 1.82) is 5.26 Å². The Morgan fingerprint density at radius 3 is 2.54 bits per heavy atom. The van der Waals surface area contributed by atoms with Gasteiger partial charge in [0, 0.05) is 44.8 Å². The Labute approximate surface area is 166 Å². The van der Waals surface area contributed by atoms with E-state index >= 15 is 0 Å². The summed E-state index contributed by atoms with van der Waals surface area (Å²) in [5.41, 5.74) is 0.592. The molecule has 0 bridgehead atoms. The molecule has 1 aromatic heterocycles. The van der Waals surface area contributed by atoms with Crippen LogP contribution in [0.25, 0.3) is 0 Å². The first-order chi connectivity index (χ1) is 13.4. The van der Waals surface area contributed by atoms with Gasteiger partial charge >= 0.3 is 0 Å². The van der Waals surface area contributed by atoms with Crippen LogP contribution in [0, 0.1) is 23.2 Å². The minimum atomic E-state index is -3.17. The third-order valence-electron chi connectivity index (χ3n) is 5.68. The van der Waals surface area contributed by atoms with E-state index < -0.39 is 10.0 Å². The predicted molar refractivity (Wildman–Crippen MR) is 106 cm³/mol. The molecule has 152 valence electrons. The van der Waals surface area contributed by atoms with Crippen molar-refractivity contribution in [3.8, 4) is 6.07 Å². The van der Waals surface area contributed by atoms with Gasteiger partial charge in [0.2, 0.25) is 15.9 Å². The van der Waals surface area contributed by atoms with Crippen LogP contribution in [-0.2, 0) is 14.8 Å². The second kappa shape index (κ2) is 8.88. The van der Waals surface area contributed by atoms with Crippen molar-refractivity contribution < 1.29 is 13.2 Å². The minimum Gasteiger partial charge on any atom is -0.356 e. The average molecular weight is 406 g/mol. The Kier molecular flexibility index (Phi) is 6.52. The quantitative estimate of drug-likeness (QED) is 0.782. The fourth-order valence-corrected chi connectivity index (χ4v) is 4.80. The molecule has 0 aliphatic carbocycles. The lowest BCUT2D eigenvalue weighted by molar-refractivity contribution is -0.126. The summed E-state index contributed by atoms with van der Waals surface area (Å²) in [7, 11) is -3.17. The van der Waals surface area contributed by atoms with Gasteiger partial charge in [0.1, 0.15) is 11.9 Å². The summed E-state index contributed by atoms with van der Waals surface area (Å²) < 4.78 is 24.6. The fraction of sp³-hybridized carbons (Fsp3) is 0.632. The maximum Gasteiger partial charge on any atom is 0.223 e. The van der Waals surface area contributed by atoms with E-state index in [1.807, 2.05) is 0 Å². The Hall–Kier alpha value is -2.18. The summed E-state index contributed by atoms with van der Waals surface area (Å²) in [6, 6.07) is 5.74. The molecule has 1 N–H and O–H groups in total. The number of sulfonamides is 1. The summed E-state index contributed by atoms with van der Waals surface area (Å²) in [4.78, 5) is 18.9. The van der Waals surface area contributed by atoms with Crippen molar-refractivity contribution >= 4 is 21.7 Å². The van der Waals surface area contributed by atoms with Gasteiger partial charge in [0.25, 0.3) is 0 Å². The Morgan fingerprint density at radius 1 is 1.25 bits per heavy atom. The molecule has 2 aliphatic rings. The third kappa shape index (κ3) is 5.00. The molecular formula is C19H27N5O3S. The van der Waals surface area contributed by atoms with Crippen LogP contribution in [0.1, 0.15) is 31.2 Å². The molecule has 28 heavy (non-hydrogen) atoms. The van der Waals surface area contributed by atoms with Crippen LogP contribution in [0.4, 0.5) is 5.82 Å². The van der Waals surface area contributed by atoms with Crippen LogP contribution in [0.2, 0.25) is 0 Å². The molecule has 0 radical (unpaired) electrons. The molecule has 0 spiro atoms. The van der Waals surface area contributed by atoms with Crippen LogP contribution in [0.5, 0.6) is 0 Å². The molecule has 8 nitrogen and oxygen atoms in total.